The highest BCUT2D eigenvalue weighted by Gasteiger charge is 2.09. The van der Waals surface area contributed by atoms with E-state index in [9.17, 15) is 9.18 Å². The lowest BCUT2D eigenvalue weighted by Crippen LogP contribution is -2.13. The van der Waals surface area contributed by atoms with Crippen molar-refractivity contribution in [3.8, 4) is 17.9 Å². The van der Waals surface area contributed by atoms with Crippen LogP contribution in [0.5, 0.6) is 5.75 Å². The van der Waals surface area contributed by atoms with Crippen molar-refractivity contribution in [3.63, 3.8) is 0 Å². The Labute approximate surface area is 138 Å². The molecule has 0 fully saturated rings. The number of carbonyl (C=O) groups excluding carboxylic acids is 1. The monoisotopic (exact) mass is 321 g/mol. The van der Waals surface area contributed by atoms with Gasteiger partial charge >= 0.3 is 0 Å². The van der Waals surface area contributed by atoms with Crippen molar-refractivity contribution in [1.29, 1.82) is 10.5 Å². The Hall–Kier alpha value is -3.64. The van der Waals surface area contributed by atoms with Gasteiger partial charge in [0.2, 0.25) is 0 Å². The lowest BCUT2D eigenvalue weighted by atomic mass is 10.1. The standard InChI is InChI=1S/C18H12FN3O2/c19-15-3-5-16(6-4-15)22-18(23)14(12-21)11-13-1-7-17(8-2-13)24-10-9-20/h1-8,11H,10H2,(H,22,23)/b14-11+. The fraction of sp³-hybridized carbons (Fsp3) is 0.0556. The highest BCUT2D eigenvalue weighted by Crippen LogP contribution is 2.16. The summed E-state index contributed by atoms with van der Waals surface area (Å²) < 4.78 is 18.0. The van der Waals surface area contributed by atoms with Crippen molar-refractivity contribution in [3.05, 3.63) is 65.5 Å². The molecular formula is C18H12FN3O2. The number of halogens is 1. The van der Waals surface area contributed by atoms with Crippen LogP contribution < -0.4 is 10.1 Å². The molecule has 2 aromatic carbocycles. The van der Waals surface area contributed by atoms with E-state index in [1.54, 1.807) is 24.3 Å². The number of hydrogen-bond acceptors (Lipinski definition) is 4. The van der Waals surface area contributed by atoms with Crippen molar-refractivity contribution < 1.29 is 13.9 Å². The molecule has 0 radical (unpaired) electrons. The predicted molar refractivity (Wildman–Crippen MR) is 86.2 cm³/mol. The second kappa shape index (κ2) is 8.11. The molecule has 2 rings (SSSR count). The van der Waals surface area contributed by atoms with Crippen LogP contribution >= 0.6 is 0 Å². The van der Waals surface area contributed by atoms with Crippen LogP contribution in [0.1, 0.15) is 5.56 Å². The van der Waals surface area contributed by atoms with Crippen LogP contribution in [-0.2, 0) is 4.79 Å². The topological polar surface area (TPSA) is 85.9 Å². The summed E-state index contributed by atoms with van der Waals surface area (Å²) in [6.45, 7) is -0.0568. The molecule has 6 heteroatoms. The van der Waals surface area contributed by atoms with Gasteiger partial charge in [0.05, 0.1) is 0 Å². The molecule has 0 aliphatic carbocycles. The quantitative estimate of drug-likeness (QED) is 0.676. The molecular weight excluding hydrogens is 309 g/mol. The van der Waals surface area contributed by atoms with Crippen LogP contribution in [-0.4, -0.2) is 12.5 Å². The van der Waals surface area contributed by atoms with Gasteiger partial charge in [-0.1, -0.05) is 12.1 Å². The highest BCUT2D eigenvalue weighted by atomic mass is 19.1. The minimum absolute atomic E-state index is 0.0568. The molecule has 118 valence electrons. The van der Waals surface area contributed by atoms with Crippen molar-refractivity contribution in [2.75, 3.05) is 11.9 Å². The number of nitriles is 2. The Balaban J connectivity index is 2.10. The van der Waals surface area contributed by atoms with E-state index in [4.69, 9.17) is 15.3 Å². The van der Waals surface area contributed by atoms with Crippen LogP contribution in [0.15, 0.2) is 54.1 Å². The van der Waals surface area contributed by atoms with E-state index in [1.807, 2.05) is 12.1 Å². The molecule has 0 atom stereocenters. The minimum atomic E-state index is -0.589. The van der Waals surface area contributed by atoms with Crippen LogP contribution in [0.4, 0.5) is 10.1 Å². The summed E-state index contributed by atoms with van der Waals surface area (Å²) in [5, 5.41) is 20.1. The molecule has 0 heterocycles. The summed E-state index contributed by atoms with van der Waals surface area (Å²) in [7, 11) is 0. The molecule has 0 aromatic heterocycles. The van der Waals surface area contributed by atoms with Gasteiger partial charge in [-0.25, -0.2) is 4.39 Å². The Morgan fingerprint density at radius 2 is 1.79 bits per heavy atom. The normalized spacial score (nSPS) is 10.4. The van der Waals surface area contributed by atoms with Crippen LogP contribution in [0, 0.1) is 28.5 Å². The van der Waals surface area contributed by atoms with E-state index < -0.39 is 11.7 Å². The molecule has 1 N–H and O–H groups in total. The summed E-state index contributed by atoms with van der Waals surface area (Å²) in [6.07, 6.45) is 1.42. The summed E-state index contributed by atoms with van der Waals surface area (Å²) in [4.78, 5) is 12.1. The largest absolute Gasteiger partial charge is 0.479 e. The third-order valence-electron chi connectivity index (χ3n) is 2.96. The maximum absolute atomic E-state index is 12.8. The molecule has 1 amide bonds. The number of amides is 1. The number of rotatable bonds is 5. The molecule has 0 unspecified atom stereocenters. The fourth-order valence-electron chi connectivity index (χ4n) is 1.82. The average Bonchev–Trinajstić information content (AvgIpc) is 2.60. The van der Waals surface area contributed by atoms with Gasteiger partial charge in [-0.3, -0.25) is 4.79 Å². The van der Waals surface area contributed by atoms with Gasteiger partial charge in [-0.15, -0.1) is 0 Å². The van der Waals surface area contributed by atoms with E-state index in [-0.39, 0.29) is 12.2 Å². The van der Waals surface area contributed by atoms with Crippen molar-refractivity contribution in [2.45, 2.75) is 0 Å². The Kier molecular flexibility index (Phi) is 5.65. The Morgan fingerprint density at radius 3 is 2.38 bits per heavy atom. The zero-order valence-electron chi connectivity index (χ0n) is 12.5. The molecule has 0 aliphatic rings. The summed E-state index contributed by atoms with van der Waals surface area (Å²) >= 11 is 0. The zero-order chi connectivity index (χ0) is 17.4. The van der Waals surface area contributed by atoms with Gasteiger partial charge in [-0.05, 0) is 48.0 Å². The van der Waals surface area contributed by atoms with E-state index in [1.165, 1.54) is 30.3 Å². The number of hydrogen-bond donors (Lipinski definition) is 1. The lowest BCUT2D eigenvalue weighted by molar-refractivity contribution is -0.112. The van der Waals surface area contributed by atoms with Crippen molar-refractivity contribution in [2.24, 2.45) is 0 Å². The summed E-state index contributed by atoms with van der Waals surface area (Å²) in [5.41, 5.74) is 0.929. The number of ether oxygens (including phenoxy) is 1. The van der Waals surface area contributed by atoms with Gasteiger partial charge in [0.25, 0.3) is 5.91 Å². The average molecular weight is 321 g/mol. The van der Waals surface area contributed by atoms with Gasteiger partial charge in [0.15, 0.2) is 6.61 Å². The number of benzene rings is 2. The Morgan fingerprint density at radius 1 is 1.12 bits per heavy atom. The molecule has 2 aromatic rings. The molecule has 0 bridgehead atoms. The van der Waals surface area contributed by atoms with Gasteiger partial charge in [0.1, 0.15) is 29.3 Å². The first-order chi connectivity index (χ1) is 11.6. The van der Waals surface area contributed by atoms with Crippen molar-refractivity contribution >= 4 is 17.7 Å². The van der Waals surface area contributed by atoms with Gasteiger partial charge < -0.3 is 10.1 Å². The first-order valence-corrected chi connectivity index (χ1v) is 6.91. The fourth-order valence-corrected chi connectivity index (χ4v) is 1.82. The zero-order valence-corrected chi connectivity index (χ0v) is 12.5. The van der Waals surface area contributed by atoms with Gasteiger partial charge in [0, 0.05) is 5.69 Å². The van der Waals surface area contributed by atoms with E-state index in [2.05, 4.69) is 5.32 Å². The third-order valence-corrected chi connectivity index (χ3v) is 2.96. The van der Waals surface area contributed by atoms with Crippen LogP contribution in [0.3, 0.4) is 0 Å². The second-order valence-electron chi connectivity index (χ2n) is 4.65. The molecule has 0 saturated carbocycles. The maximum atomic E-state index is 12.8. The second-order valence-corrected chi connectivity index (χ2v) is 4.65. The third kappa shape index (κ3) is 4.69. The lowest BCUT2D eigenvalue weighted by Gasteiger charge is -2.05. The highest BCUT2D eigenvalue weighted by molar-refractivity contribution is 6.09. The molecule has 0 saturated heterocycles. The predicted octanol–water partition coefficient (Wildman–Crippen LogP) is 3.27. The van der Waals surface area contributed by atoms with Crippen LogP contribution in [0.2, 0.25) is 0 Å². The number of nitrogens with one attached hydrogen (secondary N) is 1. The first kappa shape index (κ1) is 16.7. The maximum Gasteiger partial charge on any atom is 0.266 e. The van der Waals surface area contributed by atoms with E-state index >= 15 is 0 Å². The first-order valence-electron chi connectivity index (χ1n) is 6.91. The Bertz CT molecular complexity index is 829. The molecule has 24 heavy (non-hydrogen) atoms. The summed E-state index contributed by atoms with van der Waals surface area (Å²) in [5.74, 6) is -0.486. The van der Waals surface area contributed by atoms with Crippen molar-refractivity contribution in [1.82, 2.24) is 0 Å². The molecule has 0 spiro atoms. The van der Waals surface area contributed by atoms with Gasteiger partial charge in [-0.2, -0.15) is 10.5 Å². The smallest absolute Gasteiger partial charge is 0.266 e. The molecule has 0 aliphatic heterocycles. The van der Waals surface area contributed by atoms with E-state index in [0.717, 1.165) is 0 Å². The van der Waals surface area contributed by atoms with Crippen LogP contribution in [0.25, 0.3) is 6.08 Å². The number of anilines is 1. The number of nitrogens with zero attached hydrogens (tertiary/aromatic N) is 2. The van der Waals surface area contributed by atoms with E-state index in [0.29, 0.717) is 17.0 Å². The molecule has 5 nitrogen and oxygen atoms in total. The SMILES string of the molecule is N#CCOc1ccc(/C=C(\C#N)C(=O)Nc2ccc(F)cc2)cc1. The number of carbonyl (C=O) groups is 1. The minimum Gasteiger partial charge on any atom is -0.479 e. The summed E-state index contributed by atoms with van der Waals surface area (Å²) in [6, 6.07) is 15.5.